The Morgan fingerprint density at radius 1 is 1.57 bits per heavy atom. The summed E-state index contributed by atoms with van der Waals surface area (Å²) in [4.78, 5) is 0. The van der Waals surface area contributed by atoms with E-state index in [0.717, 1.165) is 17.6 Å². The SMILES string of the molecule is C=C(C)C[C@@H](N)c1cccc(O)c1.Cl. The van der Waals surface area contributed by atoms with E-state index in [1.807, 2.05) is 13.0 Å². The second-order valence-corrected chi connectivity index (χ2v) is 3.36. The van der Waals surface area contributed by atoms with Gasteiger partial charge < -0.3 is 10.8 Å². The lowest BCUT2D eigenvalue weighted by Crippen LogP contribution is -2.09. The van der Waals surface area contributed by atoms with Gasteiger partial charge >= 0.3 is 0 Å². The van der Waals surface area contributed by atoms with Crippen LogP contribution in [0.2, 0.25) is 0 Å². The van der Waals surface area contributed by atoms with Gasteiger partial charge in [0.15, 0.2) is 0 Å². The third kappa shape index (κ3) is 3.81. The maximum atomic E-state index is 9.22. The van der Waals surface area contributed by atoms with E-state index >= 15 is 0 Å². The fourth-order valence-electron chi connectivity index (χ4n) is 1.25. The molecule has 2 nitrogen and oxygen atoms in total. The van der Waals surface area contributed by atoms with E-state index in [9.17, 15) is 5.11 Å². The number of nitrogens with two attached hydrogens (primary N) is 1. The quantitative estimate of drug-likeness (QED) is 0.759. The largest absolute Gasteiger partial charge is 0.508 e. The van der Waals surface area contributed by atoms with E-state index < -0.39 is 0 Å². The number of hydrogen-bond donors (Lipinski definition) is 2. The molecule has 0 spiro atoms. The van der Waals surface area contributed by atoms with E-state index in [1.54, 1.807) is 18.2 Å². The topological polar surface area (TPSA) is 46.2 Å². The van der Waals surface area contributed by atoms with Crippen LogP contribution < -0.4 is 5.73 Å². The van der Waals surface area contributed by atoms with Crippen LogP contribution in [-0.4, -0.2) is 5.11 Å². The van der Waals surface area contributed by atoms with Crippen molar-refractivity contribution in [1.82, 2.24) is 0 Å². The Morgan fingerprint density at radius 3 is 2.71 bits per heavy atom. The number of phenolic OH excluding ortho intramolecular Hbond substituents is 1. The highest BCUT2D eigenvalue weighted by molar-refractivity contribution is 5.85. The Kier molecular flexibility index (Phi) is 5.28. The van der Waals surface area contributed by atoms with Gasteiger partial charge in [0.2, 0.25) is 0 Å². The monoisotopic (exact) mass is 213 g/mol. The zero-order chi connectivity index (χ0) is 9.84. The molecule has 0 aliphatic carbocycles. The third-order valence-corrected chi connectivity index (χ3v) is 1.87. The molecule has 0 fully saturated rings. The highest BCUT2D eigenvalue weighted by Crippen LogP contribution is 2.20. The number of hydrogen-bond acceptors (Lipinski definition) is 2. The van der Waals surface area contributed by atoms with Crippen LogP contribution >= 0.6 is 12.4 Å². The van der Waals surface area contributed by atoms with Crippen molar-refractivity contribution in [1.29, 1.82) is 0 Å². The molecule has 0 aliphatic heterocycles. The average molecular weight is 214 g/mol. The molecule has 1 aromatic carbocycles. The van der Waals surface area contributed by atoms with Gasteiger partial charge in [0.1, 0.15) is 5.75 Å². The van der Waals surface area contributed by atoms with Crippen LogP contribution in [0.4, 0.5) is 0 Å². The third-order valence-electron chi connectivity index (χ3n) is 1.87. The molecule has 0 aromatic heterocycles. The van der Waals surface area contributed by atoms with Crippen molar-refractivity contribution in [3.05, 3.63) is 42.0 Å². The Hall–Kier alpha value is -0.990. The van der Waals surface area contributed by atoms with E-state index in [0.29, 0.717) is 0 Å². The highest BCUT2D eigenvalue weighted by atomic mass is 35.5. The van der Waals surface area contributed by atoms with Crippen molar-refractivity contribution in [3.8, 4) is 5.75 Å². The molecule has 1 atom stereocenters. The number of benzene rings is 1. The molecule has 0 radical (unpaired) electrons. The van der Waals surface area contributed by atoms with Crippen molar-refractivity contribution in [2.24, 2.45) is 5.73 Å². The summed E-state index contributed by atoms with van der Waals surface area (Å²) in [7, 11) is 0. The van der Waals surface area contributed by atoms with Crippen LogP contribution in [0.15, 0.2) is 36.4 Å². The normalized spacial score (nSPS) is 11.6. The second-order valence-electron chi connectivity index (χ2n) is 3.36. The zero-order valence-corrected chi connectivity index (χ0v) is 9.05. The average Bonchev–Trinajstić information content (AvgIpc) is 2.03. The van der Waals surface area contributed by atoms with Crippen molar-refractivity contribution in [2.75, 3.05) is 0 Å². The van der Waals surface area contributed by atoms with Crippen LogP contribution in [0.1, 0.15) is 24.9 Å². The Morgan fingerprint density at radius 2 is 2.21 bits per heavy atom. The van der Waals surface area contributed by atoms with E-state index in [1.165, 1.54) is 0 Å². The number of phenols is 1. The smallest absolute Gasteiger partial charge is 0.115 e. The fourth-order valence-corrected chi connectivity index (χ4v) is 1.25. The molecule has 0 unspecified atom stereocenters. The lowest BCUT2D eigenvalue weighted by molar-refractivity contribution is 0.473. The summed E-state index contributed by atoms with van der Waals surface area (Å²) in [6, 6.07) is 6.96. The summed E-state index contributed by atoms with van der Waals surface area (Å²) >= 11 is 0. The molecule has 78 valence electrons. The summed E-state index contributed by atoms with van der Waals surface area (Å²) in [6.07, 6.45) is 0.753. The molecule has 1 aromatic rings. The van der Waals surface area contributed by atoms with Crippen LogP contribution in [0.5, 0.6) is 5.75 Å². The molecule has 0 saturated heterocycles. The van der Waals surface area contributed by atoms with Gasteiger partial charge in [-0.05, 0) is 31.0 Å². The van der Waals surface area contributed by atoms with Crippen molar-refractivity contribution in [3.63, 3.8) is 0 Å². The van der Waals surface area contributed by atoms with Crippen molar-refractivity contribution in [2.45, 2.75) is 19.4 Å². The predicted molar refractivity (Wildman–Crippen MR) is 61.7 cm³/mol. The number of halogens is 1. The summed E-state index contributed by atoms with van der Waals surface area (Å²) < 4.78 is 0. The lowest BCUT2D eigenvalue weighted by Gasteiger charge is -2.11. The van der Waals surface area contributed by atoms with E-state index in [2.05, 4.69) is 6.58 Å². The molecule has 0 amide bonds. The molecule has 0 saturated carbocycles. The molecule has 3 heteroatoms. The van der Waals surface area contributed by atoms with Crippen molar-refractivity contribution >= 4 is 12.4 Å². The van der Waals surface area contributed by atoms with E-state index in [4.69, 9.17) is 5.73 Å². The predicted octanol–water partition coefficient (Wildman–Crippen LogP) is 2.78. The standard InChI is InChI=1S/C11H15NO.ClH/c1-8(2)6-11(12)9-4-3-5-10(13)7-9;/h3-5,7,11,13H,1,6,12H2,2H3;1H/t11-;/m1./s1. The van der Waals surface area contributed by atoms with Gasteiger partial charge in [-0.15, -0.1) is 19.0 Å². The lowest BCUT2D eigenvalue weighted by atomic mass is 10.0. The van der Waals surface area contributed by atoms with Crippen LogP contribution in [-0.2, 0) is 0 Å². The first-order valence-corrected chi connectivity index (χ1v) is 4.28. The minimum atomic E-state index is -0.0652. The summed E-state index contributed by atoms with van der Waals surface area (Å²) in [6.45, 7) is 5.75. The van der Waals surface area contributed by atoms with Gasteiger partial charge in [-0.1, -0.05) is 17.7 Å². The first-order valence-electron chi connectivity index (χ1n) is 4.28. The van der Waals surface area contributed by atoms with Crippen LogP contribution in [0, 0.1) is 0 Å². The summed E-state index contributed by atoms with van der Waals surface area (Å²) in [5.74, 6) is 0.259. The molecule has 0 aliphatic rings. The maximum Gasteiger partial charge on any atom is 0.115 e. The first kappa shape index (κ1) is 13.0. The maximum absolute atomic E-state index is 9.22. The van der Waals surface area contributed by atoms with E-state index in [-0.39, 0.29) is 24.2 Å². The van der Waals surface area contributed by atoms with Gasteiger partial charge in [0.05, 0.1) is 0 Å². The Labute approximate surface area is 90.9 Å². The van der Waals surface area contributed by atoms with Gasteiger partial charge in [0.25, 0.3) is 0 Å². The molecular weight excluding hydrogens is 198 g/mol. The Balaban J connectivity index is 0.00000169. The molecule has 1 rings (SSSR count). The first-order chi connectivity index (χ1) is 6.09. The van der Waals surface area contributed by atoms with Gasteiger partial charge in [0, 0.05) is 6.04 Å². The molecule has 3 N–H and O–H groups in total. The van der Waals surface area contributed by atoms with Gasteiger partial charge in [-0.2, -0.15) is 0 Å². The van der Waals surface area contributed by atoms with Gasteiger partial charge in [-0.25, -0.2) is 0 Å². The minimum Gasteiger partial charge on any atom is -0.508 e. The second kappa shape index (κ2) is 5.68. The van der Waals surface area contributed by atoms with Gasteiger partial charge in [-0.3, -0.25) is 0 Å². The molecular formula is C11H16ClNO. The number of aromatic hydroxyl groups is 1. The van der Waals surface area contributed by atoms with Crippen molar-refractivity contribution < 1.29 is 5.11 Å². The Bertz CT molecular complexity index is 312. The number of rotatable bonds is 3. The molecule has 0 bridgehead atoms. The molecule has 0 heterocycles. The summed E-state index contributed by atoms with van der Waals surface area (Å²) in [5.41, 5.74) is 7.89. The fraction of sp³-hybridized carbons (Fsp3) is 0.273. The van der Waals surface area contributed by atoms with Crippen LogP contribution in [0.25, 0.3) is 0 Å². The zero-order valence-electron chi connectivity index (χ0n) is 8.23. The summed E-state index contributed by atoms with van der Waals surface area (Å²) in [5, 5.41) is 9.22. The van der Waals surface area contributed by atoms with Crippen LogP contribution in [0.3, 0.4) is 0 Å². The highest BCUT2D eigenvalue weighted by Gasteiger charge is 2.05. The minimum absolute atomic E-state index is 0. The molecule has 14 heavy (non-hydrogen) atoms.